The summed E-state index contributed by atoms with van der Waals surface area (Å²) in [4.78, 5) is 17.5. The van der Waals surface area contributed by atoms with Crippen molar-refractivity contribution < 1.29 is 22.7 Å². The number of aromatic nitrogens is 3. The lowest BCUT2D eigenvalue weighted by Gasteiger charge is -2.15. The number of nitrogens with zero attached hydrogens (tertiary/aromatic N) is 3. The van der Waals surface area contributed by atoms with Gasteiger partial charge in [-0.1, -0.05) is 0 Å². The van der Waals surface area contributed by atoms with Crippen LogP contribution in [0.3, 0.4) is 0 Å². The summed E-state index contributed by atoms with van der Waals surface area (Å²) in [5.74, 6) is 0.0193. The van der Waals surface area contributed by atoms with E-state index in [9.17, 15) is 18.0 Å². The van der Waals surface area contributed by atoms with Crippen LogP contribution in [-0.4, -0.2) is 27.8 Å². The zero-order valence-electron chi connectivity index (χ0n) is 16.6. The number of benzene rings is 2. The van der Waals surface area contributed by atoms with Crippen molar-refractivity contribution in [2.75, 3.05) is 12.4 Å². The van der Waals surface area contributed by atoms with Gasteiger partial charge in [0.25, 0.3) is 5.91 Å². The van der Waals surface area contributed by atoms with E-state index < -0.39 is 17.6 Å². The maximum atomic E-state index is 13.3. The quantitative estimate of drug-likeness (QED) is 0.498. The van der Waals surface area contributed by atoms with E-state index >= 15 is 0 Å². The van der Waals surface area contributed by atoms with Gasteiger partial charge in [0.2, 0.25) is 0 Å². The Hall–Kier alpha value is -3.88. The van der Waals surface area contributed by atoms with Crippen molar-refractivity contribution in [3.63, 3.8) is 0 Å². The molecule has 2 aromatic carbocycles. The number of aryl methyl sites for hydroxylation is 1. The van der Waals surface area contributed by atoms with Crippen molar-refractivity contribution in [1.82, 2.24) is 14.8 Å². The topological polar surface area (TPSA) is 69.0 Å². The van der Waals surface area contributed by atoms with Gasteiger partial charge in [0.15, 0.2) is 0 Å². The number of ether oxygens (including phenoxy) is 1. The lowest BCUT2D eigenvalue weighted by molar-refractivity contribution is -0.137. The second kappa shape index (κ2) is 7.75. The first-order chi connectivity index (χ1) is 14.8. The molecule has 158 valence electrons. The highest BCUT2D eigenvalue weighted by Crippen LogP contribution is 2.33. The minimum Gasteiger partial charge on any atom is -0.497 e. The molecule has 0 saturated heterocycles. The molecule has 4 aromatic rings. The monoisotopic (exact) mass is 426 g/mol. The van der Waals surface area contributed by atoms with Crippen molar-refractivity contribution in [3.05, 3.63) is 77.7 Å². The smallest absolute Gasteiger partial charge is 0.416 e. The Morgan fingerprint density at radius 1 is 1.13 bits per heavy atom. The zero-order chi connectivity index (χ0) is 22.2. The van der Waals surface area contributed by atoms with Gasteiger partial charge in [-0.25, -0.2) is 4.68 Å². The van der Waals surface area contributed by atoms with E-state index in [4.69, 9.17) is 4.74 Å². The molecule has 0 aliphatic carbocycles. The van der Waals surface area contributed by atoms with E-state index in [0.717, 1.165) is 12.1 Å². The third-order valence-corrected chi connectivity index (χ3v) is 4.78. The molecule has 4 rings (SSSR count). The highest BCUT2D eigenvalue weighted by atomic mass is 19.4. The van der Waals surface area contributed by atoms with Crippen LogP contribution in [0, 0.1) is 6.92 Å². The number of pyridine rings is 1. The molecule has 0 aliphatic rings. The van der Waals surface area contributed by atoms with E-state index in [1.807, 2.05) is 0 Å². The van der Waals surface area contributed by atoms with Crippen LogP contribution in [0.2, 0.25) is 0 Å². The Kier molecular flexibility index (Phi) is 5.10. The number of carbonyl (C=O) groups is 1. The first-order valence-corrected chi connectivity index (χ1v) is 9.24. The van der Waals surface area contributed by atoms with Gasteiger partial charge in [0, 0.05) is 17.8 Å². The maximum absolute atomic E-state index is 13.3. The van der Waals surface area contributed by atoms with E-state index in [0.29, 0.717) is 28.0 Å². The van der Waals surface area contributed by atoms with Crippen molar-refractivity contribution >= 4 is 22.5 Å². The minimum atomic E-state index is -4.56. The fourth-order valence-corrected chi connectivity index (χ4v) is 3.22. The Labute approximate surface area is 175 Å². The molecular formula is C22H17F3N4O2. The standard InChI is InChI=1S/C22H17F3N4O2/c1-13-17(11-14-10-16(31-2)5-6-18(14)27-13)21(30)28-19-12-15(22(23,24)25)4-7-20(19)29-9-3-8-26-29/h3-12H,1-2H3,(H,28,30). The van der Waals surface area contributed by atoms with Crippen LogP contribution < -0.4 is 10.1 Å². The SMILES string of the molecule is COc1ccc2nc(C)c(C(=O)Nc3cc(C(F)(F)F)ccc3-n3cccn3)cc2c1. The molecule has 0 spiro atoms. The number of nitrogens with one attached hydrogen (secondary N) is 1. The first-order valence-electron chi connectivity index (χ1n) is 9.24. The fraction of sp³-hybridized carbons (Fsp3) is 0.136. The zero-order valence-corrected chi connectivity index (χ0v) is 16.6. The molecule has 1 amide bonds. The summed E-state index contributed by atoms with van der Waals surface area (Å²) < 4.78 is 46.4. The normalized spacial score (nSPS) is 11.5. The number of amides is 1. The van der Waals surface area contributed by atoms with Gasteiger partial charge in [-0.2, -0.15) is 18.3 Å². The largest absolute Gasteiger partial charge is 0.497 e. The number of rotatable bonds is 4. The third-order valence-electron chi connectivity index (χ3n) is 4.78. The van der Waals surface area contributed by atoms with Crippen LogP contribution in [-0.2, 0) is 6.18 Å². The molecular weight excluding hydrogens is 409 g/mol. The Bertz CT molecular complexity index is 1270. The molecule has 9 heteroatoms. The fourth-order valence-electron chi connectivity index (χ4n) is 3.22. The molecule has 0 fully saturated rings. The maximum Gasteiger partial charge on any atom is 0.416 e. The molecule has 0 atom stereocenters. The van der Waals surface area contributed by atoms with Crippen LogP contribution in [0.1, 0.15) is 21.6 Å². The number of halogens is 3. The molecule has 31 heavy (non-hydrogen) atoms. The second-order valence-electron chi connectivity index (χ2n) is 6.81. The Balaban J connectivity index is 1.76. The minimum absolute atomic E-state index is 0.0198. The van der Waals surface area contributed by atoms with Gasteiger partial charge < -0.3 is 10.1 Å². The summed E-state index contributed by atoms with van der Waals surface area (Å²) in [6.45, 7) is 1.67. The molecule has 0 saturated carbocycles. The Morgan fingerprint density at radius 3 is 2.61 bits per heavy atom. The molecule has 1 N–H and O–H groups in total. The van der Waals surface area contributed by atoms with Gasteiger partial charge in [-0.3, -0.25) is 9.78 Å². The van der Waals surface area contributed by atoms with Gasteiger partial charge in [0.1, 0.15) is 5.75 Å². The lowest BCUT2D eigenvalue weighted by Crippen LogP contribution is -2.17. The van der Waals surface area contributed by atoms with E-state index in [1.54, 1.807) is 43.5 Å². The molecule has 0 aliphatic heterocycles. The van der Waals surface area contributed by atoms with Crippen molar-refractivity contribution in [1.29, 1.82) is 0 Å². The molecule has 2 heterocycles. The van der Waals surface area contributed by atoms with Crippen LogP contribution in [0.5, 0.6) is 5.75 Å². The average Bonchev–Trinajstić information content (AvgIpc) is 3.26. The molecule has 6 nitrogen and oxygen atoms in total. The summed E-state index contributed by atoms with van der Waals surface area (Å²) >= 11 is 0. The number of hydrogen-bond acceptors (Lipinski definition) is 4. The van der Waals surface area contributed by atoms with Crippen LogP contribution >= 0.6 is 0 Å². The van der Waals surface area contributed by atoms with Gasteiger partial charge >= 0.3 is 6.18 Å². The highest BCUT2D eigenvalue weighted by molar-refractivity contribution is 6.07. The van der Waals surface area contributed by atoms with Gasteiger partial charge in [-0.05, 0) is 55.5 Å². The van der Waals surface area contributed by atoms with Gasteiger partial charge in [0.05, 0.1) is 40.8 Å². The predicted octanol–water partition coefficient (Wildman–Crippen LogP) is 5.01. The summed E-state index contributed by atoms with van der Waals surface area (Å²) in [6.07, 6.45) is -1.49. The molecule has 0 unspecified atom stereocenters. The second-order valence-corrected chi connectivity index (χ2v) is 6.81. The lowest BCUT2D eigenvalue weighted by atomic mass is 10.1. The number of fused-ring (bicyclic) bond motifs is 1. The predicted molar refractivity (Wildman–Crippen MR) is 110 cm³/mol. The average molecular weight is 426 g/mol. The van der Waals surface area contributed by atoms with Crippen LogP contribution in [0.25, 0.3) is 16.6 Å². The number of anilines is 1. The number of carbonyl (C=O) groups excluding carboxylic acids is 1. The number of hydrogen-bond donors (Lipinski definition) is 1. The molecule has 2 aromatic heterocycles. The molecule has 0 radical (unpaired) electrons. The number of alkyl halides is 3. The summed E-state index contributed by atoms with van der Waals surface area (Å²) in [5.41, 5.74) is 0.767. The summed E-state index contributed by atoms with van der Waals surface area (Å²) in [6, 6.07) is 11.6. The highest BCUT2D eigenvalue weighted by Gasteiger charge is 2.31. The molecule has 0 bridgehead atoms. The van der Waals surface area contributed by atoms with Crippen LogP contribution in [0.4, 0.5) is 18.9 Å². The van der Waals surface area contributed by atoms with Crippen LogP contribution in [0.15, 0.2) is 60.9 Å². The first kappa shape index (κ1) is 20.4. The number of methoxy groups -OCH3 is 1. The van der Waals surface area contributed by atoms with E-state index in [2.05, 4.69) is 15.4 Å². The third kappa shape index (κ3) is 4.07. The Morgan fingerprint density at radius 2 is 1.94 bits per heavy atom. The van der Waals surface area contributed by atoms with Crippen molar-refractivity contribution in [2.24, 2.45) is 0 Å². The summed E-state index contributed by atoms with van der Waals surface area (Å²) in [5, 5.41) is 7.32. The van der Waals surface area contributed by atoms with Crippen molar-refractivity contribution in [3.8, 4) is 11.4 Å². The summed E-state index contributed by atoms with van der Waals surface area (Å²) in [7, 11) is 1.53. The van der Waals surface area contributed by atoms with E-state index in [-0.39, 0.29) is 11.3 Å². The van der Waals surface area contributed by atoms with Crippen molar-refractivity contribution in [2.45, 2.75) is 13.1 Å². The van der Waals surface area contributed by atoms with Gasteiger partial charge in [-0.15, -0.1) is 0 Å². The van der Waals surface area contributed by atoms with E-state index in [1.165, 1.54) is 24.1 Å².